The zero-order valence-electron chi connectivity index (χ0n) is 9.94. The van der Waals surface area contributed by atoms with E-state index in [9.17, 15) is 10.1 Å². The molecule has 0 aliphatic carbocycles. The lowest BCUT2D eigenvalue weighted by Crippen LogP contribution is -1.98. The summed E-state index contributed by atoms with van der Waals surface area (Å²) in [4.78, 5) is 17.8. The fourth-order valence-corrected chi connectivity index (χ4v) is 1.36. The Kier molecular flexibility index (Phi) is 3.42. The van der Waals surface area contributed by atoms with Gasteiger partial charge in [-0.15, -0.1) is 0 Å². The molecule has 0 bridgehead atoms. The monoisotopic (exact) mass is 262 g/mol. The molecular weight excluding hydrogens is 252 g/mol. The van der Waals surface area contributed by atoms with Crippen LogP contribution in [0.4, 0.5) is 11.5 Å². The van der Waals surface area contributed by atoms with Gasteiger partial charge in [-0.2, -0.15) is 4.98 Å². The Morgan fingerprint density at radius 2 is 2.11 bits per heavy atom. The van der Waals surface area contributed by atoms with Gasteiger partial charge >= 0.3 is 6.01 Å². The predicted molar refractivity (Wildman–Crippen MR) is 66.2 cm³/mol. The van der Waals surface area contributed by atoms with Crippen LogP contribution in [-0.2, 0) is 0 Å². The van der Waals surface area contributed by atoms with Crippen LogP contribution in [0.3, 0.4) is 0 Å². The summed E-state index contributed by atoms with van der Waals surface area (Å²) in [6.07, 6.45) is 1.44. The number of hydrogen-bond donors (Lipinski definition) is 1. The third-order valence-corrected chi connectivity index (χ3v) is 2.21. The SMILES string of the molecule is COc1cc([N+](=O)[O-])ccc1Oc1nccc(N)n1. The Morgan fingerprint density at radius 1 is 1.32 bits per heavy atom. The summed E-state index contributed by atoms with van der Waals surface area (Å²) >= 11 is 0. The number of nitrogens with zero attached hydrogens (tertiary/aromatic N) is 3. The second kappa shape index (κ2) is 5.17. The lowest BCUT2D eigenvalue weighted by Gasteiger charge is -2.08. The molecule has 1 heterocycles. The zero-order valence-corrected chi connectivity index (χ0v) is 9.94. The first-order valence-corrected chi connectivity index (χ1v) is 5.19. The second-order valence-electron chi connectivity index (χ2n) is 3.46. The van der Waals surface area contributed by atoms with Crippen LogP contribution in [0.15, 0.2) is 30.5 Å². The molecule has 98 valence electrons. The van der Waals surface area contributed by atoms with E-state index in [2.05, 4.69) is 9.97 Å². The number of nitro groups is 1. The van der Waals surface area contributed by atoms with Gasteiger partial charge in [0.1, 0.15) is 5.82 Å². The summed E-state index contributed by atoms with van der Waals surface area (Å²) in [7, 11) is 1.38. The van der Waals surface area contributed by atoms with E-state index in [0.717, 1.165) is 0 Å². The highest BCUT2D eigenvalue weighted by atomic mass is 16.6. The quantitative estimate of drug-likeness (QED) is 0.659. The summed E-state index contributed by atoms with van der Waals surface area (Å²) in [5.74, 6) is 0.727. The van der Waals surface area contributed by atoms with Crippen LogP contribution in [0.5, 0.6) is 17.5 Å². The highest BCUT2D eigenvalue weighted by Crippen LogP contribution is 2.33. The van der Waals surface area contributed by atoms with Crippen molar-refractivity contribution in [3.63, 3.8) is 0 Å². The molecule has 1 aromatic carbocycles. The Bertz CT molecular complexity index is 617. The maximum Gasteiger partial charge on any atom is 0.324 e. The van der Waals surface area contributed by atoms with Gasteiger partial charge in [-0.05, 0) is 12.1 Å². The number of benzene rings is 1. The van der Waals surface area contributed by atoms with Crippen molar-refractivity contribution in [2.75, 3.05) is 12.8 Å². The Balaban J connectivity index is 2.32. The van der Waals surface area contributed by atoms with Crippen molar-refractivity contribution in [2.24, 2.45) is 0 Å². The van der Waals surface area contributed by atoms with Crippen molar-refractivity contribution in [3.8, 4) is 17.5 Å². The van der Waals surface area contributed by atoms with E-state index in [4.69, 9.17) is 15.2 Å². The molecule has 0 saturated heterocycles. The van der Waals surface area contributed by atoms with Crippen molar-refractivity contribution in [2.45, 2.75) is 0 Å². The minimum atomic E-state index is -0.524. The highest BCUT2D eigenvalue weighted by molar-refractivity contribution is 5.49. The fourth-order valence-electron chi connectivity index (χ4n) is 1.36. The molecule has 0 atom stereocenters. The number of hydrogen-bond acceptors (Lipinski definition) is 7. The second-order valence-corrected chi connectivity index (χ2v) is 3.46. The van der Waals surface area contributed by atoms with E-state index < -0.39 is 4.92 Å². The van der Waals surface area contributed by atoms with Crippen molar-refractivity contribution >= 4 is 11.5 Å². The van der Waals surface area contributed by atoms with Crippen molar-refractivity contribution in [3.05, 3.63) is 40.6 Å². The predicted octanol–water partition coefficient (Wildman–Crippen LogP) is 1.77. The molecule has 19 heavy (non-hydrogen) atoms. The van der Waals surface area contributed by atoms with Crippen LogP contribution < -0.4 is 15.2 Å². The molecule has 0 amide bonds. The molecule has 2 aromatic rings. The Hall–Kier alpha value is -2.90. The third kappa shape index (κ3) is 2.86. The number of non-ortho nitro benzene ring substituents is 1. The molecular formula is C11H10N4O4. The number of nitrogens with two attached hydrogens (primary N) is 1. The van der Waals surface area contributed by atoms with Gasteiger partial charge in [-0.25, -0.2) is 4.98 Å². The average molecular weight is 262 g/mol. The standard InChI is InChI=1S/C11H10N4O4/c1-18-9-6-7(15(16)17)2-3-8(9)19-11-13-5-4-10(12)14-11/h2-6H,1H3,(H2,12,13,14). The van der Waals surface area contributed by atoms with Crippen LogP contribution in [0.2, 0.25) is 0 Å². The topological polar surface area (TPSA) is 113 Å². The molecule has 0 aliphatic rings. The molecule has 8 nitrogen and oxygen atoms in total. The summed E-state index contributed by atoms with van der Waals surface area (Å²) in [5.41, 5.74) is 5.40. The first kappa shape index (κ1) is 12.6. The normalized spacial score (nSPS) is 9.95. The first-order valence-electron chi connectivity index (χ1n) is 5.19. The molecule has 8 heteroatoms. The molecule has 0 aliphatic heterocycles. The smallest absolute Gasteiger partial charge is 0.324 e. The maximum absolute atomic E-state index is 10.7. The maximum atomic E-state index is 10.7. The van der Waals surface area contributed by atoms with Crippen LogP contribution in [0.25, 0.3) is 0 Å². The van der Waals surface area contributed by atoms with Gasteiger partial charge in [-0.3, -0.25) is 10.1 Å². The Morgan fingerprint density at radius 3 is 2.74 bits per heavy atom. The van der Waals surface area contributed by atoms with Gasteiger partial charge in [0.15, 0.2) is 11.5 Å². The van der Waals surface area contributed by atoms with E-state index in [1.54, 1.807) is 0 Å². The highest BCUT2D eigenvalue weighted by Gasteiger charge is 2.13. The fraction of sp³-hybridized carbons (Fsp3) is 0.0909. The first-order chi connectivity index (χ1) is 9.10. The minimum absolute atomic E-state index is 0.0344. The van der Waals surface area contributed by atoms with Gasteiger partial charge in [0.2, 0.25) is 0 Å². The molecule has 2 N–H and O–H groups in total. The van der Waals surface area contributed by atoms with Gasteiger partial charge in [0.05, 0.1) is 18.1 Å². The van der Waals surface area contributed by atoms with Crippen LogP contribution in [-0.4, -0.2) is 22.0 Å². The van der Waals surface area contributed by atoms with E-state index in [1.165, 1.54) is 37.6 Å². The summed E-state index contributed by atoms with van der Waals surface area (Å²) < 4.78 is 10.4. The number of nitrogen functional groups attached to an aromatic ring is 1. The van der Waals surface area contributed by atoms with Crippen LogP contribution in [0, 0.1) is 10.1 Å². The number of rotatable bonds is 4. The summed E-state index contributed by atoms with van der Waals surface area (Å²) in [6.45, 7) is 0. The van der Waals surface area contributed by atoms with Crippen molar-refractivity contribution in [1.29, 1.82) is 0 Å². The van der Waals surface area contributed by atoms with Gasteiger partial charge in [-0.1, -0.05) is 0 Å². The number of anilines is 1. The van der Waals surface area contributed by atoms with Gasteiger partial charge in [0, 0.05) is 12.3 Å². The molecule has 0 radical (unpaired) electrons. The molecule has 0 saturated carbocycles. The zero-order chi connectivity index (χ0) is 13.8. The summed E-state index contributed by atoms with van der Waals surface area (Å²) in [6, 6.07) is 5.50. The minimum Gasteiger partial charge on any atom is -0.493 e. The van der Waals surface area contributed by atoms with Crippen molar-refractivity contribution in [1.82, 2.24) is 9.97 Å². The van der Waals surface area contributed by atoms with Gasteiger partial charge in [0.25, 0.3) is 5.69 Å². The molecule has 2 rings (SSSR count). The van der Waals surface area contributed by atoms with E-state index >= 15 is 0 Å². The number of nitro benzene ring substituents is 1. The summed E-state index contributed by atoms with van der Waals surface area (Å²) in [5, 5.41) is 10.7. The average Bonchev–Trinajstić information content (AvgIpc) is 2.39. The van der Waals surface area contributed by atoms with Crippen LogP contribution in [0.1, 0.15) is 0 Å². The number of ether oxygens (including phenoxy) is 2. The van der Waals surface area contributed by atoms with Crippen molar-refractivity contribution < 1.29 is 14.4 Å². The lowest BCUT2D eigenvalue weighted by molar-refractivity contribution is -0.384. The van der Waals surface area contributed by atoms with Gasteiger partial charge < -0.3 is 15.2 Å². The molecule has 0 fully saturated rings. The van der Waals surface area contributed by atoms with E-state index in [-0.39, 0.29) is 29.0 Å². The van der Waals surface area contributed by atoms with Crippen LogP contribution >= 0.6 is 0 Å². The lowest BCUT2D eigenvalue weighted by atomic mass is 10.3. The van der Waals surface area contributed by atoms with E-state index in [1.807, 2.05) is 0 Å². The molecule has 0 spiro atoms. The largest absolute Gasteiger partial charge is 0.493 e. The number of aromatic nitrogens is 2. The Labute approximate surface area is 108 Å². The van der Waals surface area contributed by atoms with E-state index in [0.29, 0.717) is 0 Å². The number of methoxy groups -OCH3 is 1. The third-order valence-electron chi connectivity index (χ3n) is 2.21. The molecule has 0 unspecified atom stereocenters. The molecule has 1 aromatic heterocycles.